The summed E-state index contributed by atoms with van der Waals surface area (Å²) in [4.78, 5) is 10.7. The van der Waals surface area contributed by atoms with Gasteiger partial charge in [0, 0.05) is 5.39 Å². The van der Waals surface area contributed by atoms with Gasteiger partial charge in [-0.1, -0.05) is 23.0 Å². The van der Waals surface area contributed by atoms with Gasteiger partial charge in [0.2, 0.25) is 0 Å². The quantitative estimate of drug-likeness (QED) is 0.733. The van der Waals surface area contributed by atoms with Gasteiger partial charge in [-0.15, -0.1) is 5.10 Å². The second-order valence-electron chi connectivity index (χ2n) is 3.80. The Morgan fingerprint density at radius 1 is 1.22 bits per heavy atom. The molecule has 0 unspecified atom stereocenters. The lowest BCUT2D eigenvalue weighted by Crippen LogP contribution is -2.09. The van der Waals surface area contributed by atoms with Gasteiger partial charge < -0.3 is 15.3 Å². The van der Waals surface area contributed by atoms with Gasteiger partial charge in [0.1, 0.15) is 12.6 Å². The highest BCUT2D eigenvalue weighted by Crippen LogP contribution is 2.33. The van der Waals surface area contributed by atoms with Crippen LogP contribution in [0, 0.1) is 0 Å². The van der Waals surface area contributed by atoms with E-state index in [1.807, 2.05) is 24.3 Å². The van der Waals surface area contributed by atoms with E-state index >= 15 is 0 Å². The standard InChI is InChI=1S/C12H12N4O2/c1-17-12-9-7-5-3-4-6-8(7)14-11(13)10(9)15-16(12)18-2/h3-6H,1-2H3,(H2,13,14). The number of nitrogens with two attached hydrogens (primary N) is 1. The summed E-state index contributed by atoms with van der Waals surface area (Å²) in [5, 5.41) is 5.97. The summed E-state index contributed by atoms with van der Waals surface area (Å²) >= 11 is 0. The summed E-state index contributed by atoms with van der Waals surface area (Å²) in [5.74, 6) is 0.871. The maximum atomic E-state index is 5.92. The van der Waals surface area contributed by atoms with Crippen LogP contribution in [-0.4, -0.2) is 29.1 Å². The molecule has 3 aromatic rings. The van der Waals surface area contributed by atoms with Gasteiger partial charge in [-0.05, 0) is 6.07 Å². The number of aromatic nitrogens is 3. The van der Waals surface area contributed by atoms with Crippen LogP contribution < -0.4 is 15.3 Å². The van der Waals surface area contributed by atoms with E-state index in [2.05, 4.69) is 10.1 Å². The number of benzene rings is 1. The lowest BCUT2D eigenvalue weighted by atomic mass is 10.1. The first-order valence-corrected chi connectivity index (χ1v) is 5.41. The number of para-hydroxylation sites is 1. The van der Waals surface area contributed by atoms with Crippen LogP contribution in [0.25, 0.3) is 21.8 Å². The van der Waals surface area contributed by atoms with E-state index < -0.39 is 0 Å². The summed E-state index contributed by atoms with van der Waals surface area (Å²) in [6.45, 7) is 0. The summed E-state index contributed by atoms with van der Waals surface area (Å²) in [6.07, 6.45) is 0. The number of fused-ring (bicyclic) bond motifs is 3. The van der Waals surface area contributed by atoms with Crippen LogP contribution in [0.1, 0.15) is 0 Å². The number of nitrogen functional groups attached to an aromatic ring is 1. The highest BCUT2D eigenvalue weighted by Gasteiger charge is 2.18. The van der Waals surface area contributed by atoms with Crippen molar-refractivity contribution >= 4 is 27.6 Å². The molecule has 2 aromatic heterocycles. The number of pyridine rings is 1. The Morgan fingerprint density at radius 2 is 2.00 bits per heavy atom. The highest BCUT2D eigenvalue weighted by molar-refractivity contribution is 6.10. The molecule has 1 aromatic carbocycles. The Kier molecular flexibility index (Phi) is 2.22. The molecule has 0 aliphatic heterocycles. The van der Waals surface area contributed by atoms with Gasteiger partial charge in [0.25, 0.3) is 5.88 Å². The minimum absolute atomic E-state index is 0.359. The van der Waals surface area contributed by atoms with Crippen LogP contribution in [0.3, 0.4) is 0 Å². The molecule has 0 fully saturated rings. The second kappa shape index (κ2) is 3.76. The third-order valence-electron chi connectivity index (χ3n) is 2.84. The average Bonchev–Trinajstić information content (AvgIpc) is 2.78. The largest absolute Gasteiger partial charge is 0.478 e. The molecule has 0 radical (unpaired) electrons. The summed E-state index contributed by atoms with van der Waals surface area (Å²) in [7, 11) is 3.08. The Labute approximate surface area is 103 Å². The molecule has 0 saturated heterocycles. The van der Waals surface area contributed by atoms with E-state index in [1.54, 1.807) is 7.11 Å². The van der Waals surface area contributed by atoms with Crippen molar-refractivity contribution < 1.29 is 9.57 Å². The fourth-order valence-corrected chi connectivity index (χ4v) is 2.07. The molecule has 0 amide bonds. The van der Waals surface area contributed by atoms with Gasteiger partial charge in [-0.3, -0.25) is 0 Å². The average molecular weight is 244 g/mol. The van der Waals surface area contributed by atoms with Crippen LogP contribution in [0.5, 0.6) is 5.88 Å². The Hall–Kier alpha value is -2.50. The monoisotopic (exact) mass is 244 g/mol. The zero-order valence-corrected chi connectivity index (χ0v) is 10.0. The number of hydrogen-bond acceptors (Lipinski definition) is 5. The molecule has 6 heteroatoms. The van der Waals surface area contributed by atoms with Gasteiger partial charge in [0.05, 0.1) is 18.0 Å². The van der Waals surface area contributed by atoms with E-state index in [-0.39, 0.29) is 0 Å². The first kappa shape index (κ1) is 10.6. The zero-order valence-electron chi connectivity index (χ0n) is 10.0. The predicted octanol–water partition coefficient (Wildman–Crippen LogP) is 1.23. The molecular formula is C12H12N4O2. The Bertz CT molecular complexity index is 736. The van der Waals surface area contributed by atoms with Gasteiger partial charge in [-0.25, -0.2) is 4.98 Å². The van der Waals surface area contributed by atoms with Gasteiger partial charge in [-0.2, -0.15) is 0 Å². The minimum Gasteiger partial charge on any atom is -0.478 e. The summed E-state index contributed by atoms with van der Waals surface area (Å²) in [6, 6.07) is 7.69. The Balaban J connectivity index is 2.56. The molecule has 92 valence electrons. The number of rotatable bonds is 2. The molecule has 0 atom stereocenters. The topological polar surface area (TPSA) is 75.2 Å². The van der Waals surface area contributed by atoms with E-state index in [1.165, 1.54) is 12.0 Å². The fraction of sp³-hybridized carbons (Fsp3) is 0.167. The van der Waals surface area contributed by atoms with E-state index in [0.29, 0.717) is 17.2 Å². The third-order valence-corrected chi connectivity index (χ3v) is 2.84. The zero-order chi connectivity index (χ0) is 12.7. The van der Waals surface area contributed by atoms with E-state index in [9.17, 15) is 0 Å². The summed E-state index contributed by atoms with van der Waals surface area (Å²) < 4.78 is 5.34. The maximum Gasteiger partial charge on any atom is 0.258 e. The lowest BCUT2D eigenvalue weighted by Gasteiger charge is -2.04. The lowest BCUT2D eigenvalue weighted by molar-refractivity contribution is 0.111. The second-order valence-corrected chi connectivity index (χ2v) is 3.80. The van der Waals surface area contributed by atoms with Crippen molar-refractivity contribution in [2.45, 2.75) is 0 Å². The van der Waals surface area contributed by atoms with Crippen LogP contribution in [0.4, 0.5) is 5.82 Å². The molecule has 2 heterocycles. The number of methoxy groups -OCH3 is 1. The first-order chi connectivity index (χ1) is 8.76. The fourth-order valence-electron chi connectivity index (χ4n) is 2.07. The Morgan fingerprint density at radius 3 is 2.72 bits per heavy atom. The smallest absolute Gasteiger partial charge is 0.258 e. The van der Waals surface area contributed by atoms with E-state index in [4.69, 9.17) is 15.3 Å². The molecule has 0 spiro atoms. The third kappa shape index (κ3) is 1.29. The number of hydrogen-bond donors (Lipinski definition) is 1. The molecule has 6 nitrogen and oxygen atoms in total. The van der Waals surface area contributed by atoms with E-state index in [0.717, 1.165) is 16.3 Å². The molecule has 0 bridgehead atoms. The number of nitrogens with zero attached hydrogens (tertiary/aromatic N) is 3. The summed E-state index contributed by atoms with van der Waals surface area (Å²) in [5.41, 5.74) is 7.29. The van der Waals surface area contributed by atoms with Crippen molar-refractivity contribution in [1.82, 2.24) is 14.9 Å². The minimum atomic E-state index is 0.359. The first-order valence-electron chi connectivity index (χ1n) is 5.41. The number of ether oxygens (including phenoxy) is 1. The van der Waals surface area contributed by atoms with Crippen LogP contribution in [-0.2, 0) is 0 Å². The normalized spacial score (nSPS) is 11.0. The SMILES string of the molecule is COc1c2c(nn1OC)c(N)nc1ccccc12. The van der Waals surface area contributed by atoms with Gasteiger partial charge >= 0.3 is 0 Å². The molecular weight excluding hydrogens is 232 g/mol. The van der Waals surface area contributed by atoms with Crippen molar-refractivity contribution in [2.24, 2.45) is 0 Å². The molecule has 2 N–H and O–H groups in total. The van der Waals surface area contributed by atoms with Crippen molar-refractivity contribution in [3.63, 3.8) is 0 Å². The highest BCUT2D eigenvalue weighted by atomic mass is 16.7. The molecule has 0 aliphatic rings. The van der Waals surface area contributed by atoms with Crippen molar-refractivity contribution in [2.75, 3.05) is 20.0 Å². The maximum absolute atomic E-state index is 5.92. The molecule has 0 aliphatic carbocycles. The van der Waals surface area contributed by atoms with Crippen LogP contribution >= 0.6 is 0 Å². The predicted molar refractivity (Wildman–Crippen MR) is 68.5 cm³/mol. The van der Waals surface area contributed by atoms with Crippen molar-refractivity contribution in [3.8, 4) is 5.88 Å². The molecule has 18 heavy (non-hydrogen) atoms. The van der Waals surface area contributed by atoms with Crippen molar-refractivity contribution in [3.05, 3.63) is 24.3 Å². The van der Waals surface area contributed by atoms with Crippen LogP contribution in [0.2, 0.25) is 0 Å². The molecule has 3 rings (SSSR count). The van der Waals surface area contributed by atoms with Crippen molar-refractivity contribution in [1.29, 1.82) is 0 Å². The van der Waals surface area contributed by atoms with Crippen LogP contribution in [0.15, 0.2) is 24.3 Å². The molecule has 0 saturated carbocycles. The van der Waals surface area contributed by atoms with Gasteiger partial charge in [0.15, 0.2) is 5.82 Å². The number of anilines is 1.